The van der Waals surface area contributed by atoms with Crippen LogP contribution in [0.25, 0.3) is 0 Å². The number of anilines is 2. The Bertz CT molecular complexity index is 1510. The Kier molecular flexibility index (Phi) is 9.30. The summed E-state index contributed by atoms with van der Waals surface area (Å²) in [5.41, 5.74) is -0.745. The van der Waals surface area contributed by atoms with E-state index in [1.165, 1.54) is 44.6 Å². The molecule has 0 aromatic heterocycles. The number of carbonyl (C=O) groups is 2. The second-order valence-electron chi connectivity index (χ2n) is 8.32. The van der Waals surface area contributed by atoms with Crippen molar-refractivity contribution < 1.29 is 45.4 Å². The van der Waals surface area contributed by atoms with Crippen LogP contribution < -0.4 is 19.1 Å². The molecule has 0 radical (unpaired) electrons. The second kappa shape index (κ2) is 12.3. The van der Waals surface area contributed by atoms with Crippen molar-refractivity contribution in [2.75, 3.05) is 37.0 Å². The Hall–Kier alpha value is -4.26. The monoisotopic (exact) mass is 580 g/mol. The summed E-state index contributed by atoms with van der Waals surface area (Å²) in [6.07, 6.45) is -4.76. The quantitative estimate of drug-likeness (QED) is 0.335. The summed E-state index contributed by atoms with van der Waals surface area (Å²) in [5, 5.41) is 2.54. The van der Waals surface area contributed by atoms with Crippen molar-refractivity contribution in [3.63, 3.8) is 0 Å². The number of sulfonamides is 1. The Balaban J connectivity index is 2.05. The largest absolute Gasteiger partial charge is 0.493 e. The number of methoxy groups -OCH3 is 2. The minimum Gasteiger partial charge on any atom is -0.493 e. The number of esters is 1. The first-order chi connectivity index (χ1) is 18.8. The zero-order valence-corrected chi connectivity index (χ0v) is 22.9. The second-order valence-corrected chi connectivity index (χ2v) is 10.2. The Morgan fingerprint density at radius 3 is 2.25 bits per heavy atom. The highest BCUT2D eigenvalue weighted by molar-refractivity contribution is 7.92. The molecule has 0 aliphatic carbocycles. The summed E-state index contributed by atoms with van der Waals surface area (Å²) < 4.78 is 83.8. The van der Waals surface area contributed by atoms with Crippen LogP contribution in [0, 0.1) is 6.92 Å². The molecule has 40 heavy (non-hydrogen) atoms. The lowest BCUT2D eigenvalue weighted by Crippen LogP contribution is -2.38. The Labute approximate surface area is 229 Å². The van der Waals surface area contributed by atoms with E-state index in [1.54, 1.807) is 13.8 Å². The van der Waals surface area contributed by atoms with Gasteiger partial charge in [-0.05, 0) is 61.9 Å². The molecule has 9 nitrogen and oxygen atoms in total. The van der Waals surface area contributed by atoms with Crippen LogP contribution in [0.15, 0.2) is 65.6 Å². The normalized spacial score (nSPS) is 11.5. The standard InChI is InChI=1S/C27H27F3N2O7S/c1-5-39-26(34)21-10-7-11-22(17(21)2)31-25(33)16-32(19-9-6-8-18(14-19)27(28,29)30)40(35,36)20-12-13-23(37-3)24(15-20)38-4/h6-15H,5,16H2,1-4H3,(H,31,33). The van der Waals surface area contributed by atoms with Crippen molar-refractivity contribution in [1.82, 2.24) is 0 Å². The van der Waals surface area contributed by atoms with E-state index in [0.29, 0.717) is 15.9 Å². The lowest BCUT2D eigenvalue weighted by Gasteiger charge is -2.25. The fourth-order valence-corrected chi connectivity index (χ4v) is 5.21. The third kappa shape index (κ3) is 6.65. The number of halogens is 3. The molecule has 1 N–H and O–H groups in total. The van der Waals surface area contributed by atoms with E-state index in [2.05, 4.69) is 5.32 Å². The number of ether oxygens (including phenoxy) is 3. The van der Waals surface area contributed by atoms with Crippen LogP contribution in [0.3, 0.4) is 0 Å². The highest BCUT2D eigenvalue weighted by Crippen LogP contribution is 2.35. The average molecular weight is 581 g/mol. The molecular formula is C27H27F3N2O7S. The van der Waals surface area contributed by atoms with Crippen molar-refractivity contribution in [3.8, 4) is 11.5 Å². The molecule has 0 bridgehead atoms. The lowest BCUT2D eigenvalue weighted by atomic mass is 10.1. The molecule has 0 unspecified atom stereocenters. The van der Waals surface area contributed by atoms with Crippen LogP contribution in [0.4, 0.5) is 24.5 Å². The molecule has 0 fully saturated rings. The van der Waals surface area contributed by atoms with E-state index in [0.717, 1.165) is 24.3 Å². The summed E-state index contributed by atoms with van der Waals surface area (Å²) >= 11 is 0. The average Bonchev–Trinajstić information content (AvgIpc) is 2.92. The summed E-state index contributed by atoms with van der Waals surface area (Å²) in [6, 6.07) is 11.7. The van der Waals surface area contributed by atoms with Gasteiger partial charge in [0.15, 0.2) is 11.5 Å². The van der Waals surface area contributed by atoms with Crippen molar-refractivity contribution in [2.45, 2.75) is 24.9 Å². The van der Waals surface area contributed by atoms with Crippen molar-refractivity contribution >= 4 is 33.3 Å². The molecule has 0 atom stereocenters. The van der Waals surface area contributed by atoms with Gasteiger partial charge in [0.2, 0.25) is 5.91 Å². The van der Waals surface area contributed by atoms with Crippen LogP contribution in [-0.2, 0) is 25.7 Å². The third-order valence-electron chi connectivity index (χ3n) is 5.79. The Morgan fingerprint density at radius 1 is 0.950 bits per heavy atom. The summed E-state index contributed by atoms with van der Waals surface area (Å²) in [7, 11) is -1.96. The van der Waals surface area contributed by atoms with Gasteiger partial charge in [-0.15, -0.1) is 0 Å². The molecule has 13 heteroatoms. The van der Waals surface area contributed by atoms with E-state index in [-0.39, 0.29) is 34.3 Å². The maximum atomic E-state index is 13.7. The van der Waals surface area contributed by atoms with Gasteiger partial charge in [0.1, 0.15) is 6.54 Å². The van der Waals surface area contributed by atoms with Crippen LogP contribution in [-0.4, -0.2) is 47.7 Å². The number of alkyl halides is 3. The number of nitrogens with zero attached hydrogens (tertiary/aromatic N) is 1. The molecule has 3 aromatic carbocycles. The maximum Gasteiger partial charge on any atom is 0.416 e. The number of benzene rings is 3. The molecule has 0 heterocycles. The SMILES string of the molecule is CCOC(=O)c1cccc(NC(=O)CN(c2cccc(C(F)(F)F)c2)S(=O)(=O)c2ccc(OC)c(OC)c2)c1C. The van der Waals surface area contributed by atoms with E-state index >= 15 is 0 Å². The summed E-state index contributed by atoms with van der Waals surface area (Å²) in [5.74, 6) is -1.20. The first-order valence-corrected chi connectivity index (χ1v) is 13.3. The predicted octanol–water partition coefficient (Wildman–Crippen LogP) is 5.04. The summed E-state index contributed by atoms with van der Waals surface area (Å²) in [6.45, 7) is 2.45. The molecule has 0 saturated carbocycles. The van der Waals surface area contributed by atoms with Crippen molar-refractivity contribution in [2.24, 2.45) is 0 Å². The topological polar surface area (TPSA) is 111 Å². The van der Waals surface area contributed by atoms with Gasteiger partial charge < -0.3 is 19.5 Å². The number of hydrogen-bond acceptors (Lipinski definition) is 7. The molecule has 3 aromatic rings. The maximum absolute atomic E-state index is 13.7. The van der Waals surface area contributed by atoms with Gasteiger partial charge in [-0.25, -0.2) is 13.2 Å². The zero-order chi connectivity index (χ0) is 29.7. The number of amides is 1. The lowest BCUT2D eigenvalue weighted by molar-refractivity contribution is -0.137. The number of hydrogen-bond donors (Lipinski definition) is 1. The highest BCUT2D eigenvalue weighted by Gasteiger charge is 2.33. The molecule has 3 rings (SSSR count). The van der Waals surface area contributed by atoms with E-state index in [4.69, 9.17) is 14.2 Å². The van der Waals surface area contributed by atoms with Crippen LogP contribution in [0.2, 0.25) is 0 Å². The first-order valence-electron chi connectivity index (χ1n) is 11.8. The van der Waals surface area contributed by atoms with Gasteiger partial charge >= 0.3 is 12.1 Å². The molecule has 1 amide bonds. The van der Waals surface area contributed by atoms with Gasteiger partial charge in [-0.1, -0.05) is 12.1 Å². The van der Waals surface area contributed by atoms with Crippen LogP contribution in [0.1, 0.15) is 28.4 Å². The molecule has 214 valence electrons. The molecule has 0 aliphatic heterocycles. The van der Waals surface area contributed by atoms with Crippen molar-refractivity contribution in [3.05, 3.63) is 77.4 Å². The molecule has 0 spiro atoms. The van der Waals surface area contributed by atoms with Gasteiger partial charge in [-0.3, -0.25) is 9.10 Å². The molecular weight excluding hydrogens is 553 g/mol. The van der Waals surface area contributed by atoms with Crippen LogP contribution >= 0.6 is 0 Å². The smallest absolute Gasteiger partial charge is 0.416 e. The summed E-state index contributed by atoms with van der Waals surface area (Å²) in [4.78, 5) is 25.0. The van der Waals surface area contributed by atoms with Gasteiger partial charge in [0.05, 0.1) is 42.5 Å². The van der Waals surface area contributed by atoms with Crippen LogP contribution in [0.5, 0.6) is 11.5 Å². The van der Waals surface area contributed by atoms with Gasteiger partial charge in [0, 0.05) is 11.8 Å². The molecule has 0 saturated heterocycles. The number of rotatable bonds is 10. The van der Waals surface area contributed by atoms with E-state index in [1.807, 2.05) is 0 Å². The Morgan fingerprint density at radius 2 is 1.62 bits per heavy atom. The highest BCUT2D eigenvalue weighted by atomic mass is 32.2. The molecule has 0 aliphatic rings. The fourth-order valence-electron chi connectivity index (χ4n) is 3.78. The predicted molar refractivity (Wildman–Crippen MR) is 141 cm³/mol. The van der Waals surface area contributed by atoms with E-state index < -0.39 is 45.9 Å². The minimum absolute atomic E-state index is 0.0587. The first kappa shape index (κ1) is 30.3. The van der Waals surface area contributed by atoms with Crippen molar-refractivity contribution in [1.29, 1.82) is 0 Å². The van der Waals surface area contributed by atoms with E-state index in [9.17, 15) is 31.2 Å². The number of nitrogens with one attached hydrogen (secondary N) is 1. The zero-order valence-electron chi connectivity index (χ0n) is 22.0. The van der Waals surface area contributed by atoms with Gasteiger partial charge in [-0.2, -0.15) is 13.2 Å². The fraction of sp³-hybridized carbons (Fsp3) is 0.259. The third-order valence-corrected chi connectivity index (χ3v) is 7.56. The number of carbonyl (C=O) groups excluding carboxylic acids is 2. The minimum atomic E-state index is -4.76. The van der Waals surface area contributed by atoms with Gasteiger partial charge in [0.25, 0.3) is 10.0 Å².